The van der Waals surface area contributed by atoms with Gasteiger partial charge in [0.2, 0.25) is 0 Å². The molecule has 1 saturated heterocycles. The number of alkyl halides is 6. The summed E-state index contributed by atoms with van der Waals surface area (Å²) in [5.74, 6) is -0.563. The number of ether oxygens (including phenoxy) is 2. The molecular formula is C20H27F6N5O4. The van der Waals surface area contributed by atoms with Gasteiger partial charge < -0.3 is 16.2 Å². The molecule has 5 N–H and O–H groups in total. The molecule has 198 valence electrons. The number of hydrogen-bond donors (Lipinski definition) is 3. The molecule has 9 nitrogen and oxygen atoms in total. The standard InChI is InChI=1S/C20H27F6N5O4/c1-34-14-12-11(16(32)29-18(33)31(12)9-2-3-9)19(28,17(22)23)15(21)13(14)30-5-4-8(6-30)10(27)7-35-20(24,25)26/h8-10,13-15,17H,2-7,27-28H2,1H3,(H,29,32,33). The van der Waals surface area contributed by atoms with Crippen LogP contribution in [0.15, 0.2) is 9.59 Å². The van der Waals surface area contributed by atoms with Crippen LogP contribution >= 0.6 is 0 Å². The minimum absolute atomic E-state index is 0.0428. The highest BCUT2D eigenvalue weighted by atomic mass is 19.4. The predicted octanol–water partition coefficient (Wildman–Crippen LogP) is 0.884. The van der Waals surface area contributed by atoms with Gasteiger partial charge >= 0.3 is 12.1 Å². The van der Waals surface area contributed by atoms with E-state index in [1.165, 1.54) is 12.0 Å². The van der Waals surface area contributed by atoms with Gasteiger partial charge in [0.25, 0.3) is 12.0 Å². The van der Waals surface area contributed by atoms with Gasteiger partial charge in [0.1, 0.15) is 17.8 Å². The maximum absolute atomic E-state index is 16.0. The van der Waals surface area contributed by atoms with E-state index in [-0.39, 0.29) is 31.2 Å². The van der Waals surface area contributed by atoms with E-state index in [4.69, 9.17) is 16.2 Å². The van der Waals surface area contributed by atoms with Crippen LogP contribution in [0, 0.1) is 5.92 Å². The molecule has 0 amide bonds. The molecule has 3 aliphatic rings. The van der Waals surface area contributed by atoms with Crippen LogP contribution in [0.5, 0.6) is 0 Å². The van der Waals surface area contributed by atoms with Crippen LogP contribution in [0.1, 0.15) is 42.7 Å². The third-order valence-corrected chi connectivity index (χ3v) is 7.20. The summed E-state index contributed by atoms with van der Waals surface area (Å²) in [5.41, 5.74) is 5.78. The lowest BCUT2D eigenvalue weighted by atomic mass is 9.73. The number of nitrogens with two attached hydrogens (primary N) is 2. The molecule has 2 heterocycles. The molecule has 1 saturated carbocycles. The van der Waals surface area contributed by atoms with Gasteiger partial charge in [-0.1, -0.05) is 0 Å². The van der Waals surface area contributed by atoms with E-state index in [9.17, 15) is 31.5 Å². The lowest BCUT2D eigenvalue weighted by Crippen LogP contribution is -2.67. The van der Waals surface area contributed by atoms with Crippen LogP contribution in [0.2, 0.25) is 0 Å². The minimum Gasteiger partial charge on any atom is -0.373 e. The van der Waals surface area contributed by atoms with Crippen molar-refractivity contribution < 1.29 is 35.8 Å². The zero-order valence-corrected chi connectivity index (χ0v) is 18.7. The lowest BCUT2D eigenvalue weighted by Gasteiger charge is -2.48. The maximum atomic E-state index is 16.0. The van der Waals surface area contributed by atoms with Gasteiger partial charge in [-0.3, -0.25) is 24.0 Å². The van der Waals surface area contributed by atoms with Crippen molar-refractivity contribution in [1.29, 1.82) is 0 Å². The maximum Gasteiger partial charge on any atom is 0.522 e. The highest BCUT2D eigenvalue weighted by Gasteiger charge is 2.61. The first-order chi connectivity index (χ1) is 16.3. The SMILES string of the molecule is COC1c2c(c(=O)[nH]c(=O)n2C2CC2)C(N)(C(F)F)C(F)C1N1CCC(C(N)COC(F)(F)F)C1. The van der Waals surface area contributed by atoms with Gasteiger partial charge in [0, 0.05) is 25.7 Å². The van der Waals surface area contributed by atoms with Crippen molar-refractivity contribution in [2.75, 3.05) is 26.8 Å². The summed E-state index contributed by atoms with van der Waals surface area (Å²) in [6.07, 6.45) is -10.9. The third kappa shape index (κ3) is 4.52. The second kappa shape index (κ2) is 9.18. The van der Waals surface area contributed by atoms with Crippen molar-refractivity contribution in [2.24, 2.45) is 17.4 Å². The number of rotatable bonds is 7. The molecule has 35 heavy (non-hydrogen) atoms. The van der Waals surface area contributed by atoms with Crippen molar-refractivity contribution >= 4 is 0 Å². The highest BCUT2D eigenvalue weighted by Crippen LogP contribution is 2.48. The Labute approximate surface area is 195 Å². The third-order valence-electron chi connectivity index (χ3n) is 7.20. The number of methoxy groups -OCH3 is 1. The first kappa shape index (κ1) is 26.1. The Morgan fingerprint density at radius 3 is 2.43 bits per heavy atom. The van der Waals surface area contributed by atoms with Crippen LogP contribution in [0.4, 0.5) is 26.3 Å². The van der Waals surface area contributed by atoms with Crippen LogP contribution in [-0.4, -0.2) is 72.3 Å². The number of nitrogens with zero attached hydrogens (tertiary/aromatic N) is 2. The van der Waals surface area contributed by atoms with Crippen LogP contribution in [0.3, 0.4) is 0 Å². The largest absolute Gasteiger partial charge is 0.522 e. The topological polar surface area (TPSA) is 129 Å². The second-order valence-corrected chi connectivity index (χ2v) is 9.37. The zero-order chi connectivity index (χ0) is 25.9. The first-order valence-corrected chi connectivity index (χ1v) is 11.1. The van der Waals surface area contributed by atoms with Crippen LogP contribution in [-0.2, 0) is 15.0 Å². The van der Waals surface area contributed by atoms with Crippen molar-refractivity contribution in [2.45, 2.75) is 68.0 Å². The van der Waals surface area contributed by atoms with E-state index >= 15 is 4.39 Å². The molecule has 1 aromatic heterocycles. The number of aromatic nitrogens is 2. The molecule has 6 atom stereocenters. The molecule has 0 spiro atoms. The molecule has 0 radical (unpaired) electrons. The Bertz CT molecular complexity index is 1060. The van der Waals surface area contributed by atoms with Crippen LogP contribution in [0.25, 0.3) is 0 Å². The average molecular weight is 515 g/mol. The molecule has 4 rings (SSSR count). The van der Waals surface area contributed by atoms with Crippen molar-refractivity contribution in [3.8, 4) is 0 Å². The Kier molecular flexibility index (Phi) is 6.85. The normalized spacial score (nSPS) is 32.7. The monoisotopic (exact) mass is 515 g/mol. The Balaban J connectivity index is 1.74. The fraction of sp³-hybridized carbons (Fsp3) is 0.800. The van der Waals surface area contributed by atoms with Gasteiger partial charge in [-0.2, -0.15) is 0 Å². The summed E-state index contributed by atoms with van der Waals surface area (Å²) in [6.45, 7) is -0.767. The molecule has 2 fully saturated rings. The van der Waals surface area contributed by atoms with Crippen molar-refractivity contribution in [3.63, 3.8) is 0 Å². The van der Waals surface area contributed by atoms with E-state index in [0.717, 1.165) is 4.57 Å². The van der Waals surface area contributed by atoms with E-state index in [1.807, 2.05) is 4.98 Å². The smallest absolute Gasteiger partial charge is 0.373 e. The number of nitrogens with one attached hydrogen (secondary N) is 1. The number of likely N-dealkylation sites (tertiary alicyclic amines) is 1. The van der Waals surface area contributed by atoms with E-state index in [1.54, 1.807) is 0 Å². The zero-order valence-electron chi connectivity index (χ0n) is 18.7. The summed E-state index contributed by atoms with van der Waals surface area (Å²) in [4.78, 5) is 28.7. The van der Waals surface area contributed by atoms with Crippen LogP contribution < -0.4 is 22.7 Å². The molecule has 0 bridgehead atoms. The fourth-order valence-corrected chi connectivity index (χ4v) is 5.31. The van der Waals surface area contributed by atoms with Crippen molar-refractivity contribution in [3.05, 3.63) is 32.1 Å². The molecule has 15 heteroatoms. The van der Waals surface area contributed by atoms with Gasteiger partial charge in [-0.15, -0.1) is 13.2 Å². The number of hydrogen-bond acceptors (Lipinski definition) is 7. The summed E-state index contributed by atoms with van der Waals surface area (Å²) in [7, 11) is 1.19. The molecule has 1 aliphatic heterocycles. The minimum atomic E-state index is -4.87. The highest BCUT2D eigenvalue weighted by molar-refractivity contribution is 5.38. The molecular weight excluding hydrogens is 488 g/mol. The summed E-state index contributed by atoms with van der Waals surface area (Å²) in [6, 6.07) is -2.89. The molecule has 2 aliphatic carbocycles. The molecule has 1 aromatic rings. The second-order valence-electron chi connectivity index (χ2n) is 9.37. The summed E-state index contributed by atoms with van der Waals surface area (Å²) < 4.78 is 92.4. The summed E-state index contributed by atoms with van der Waals surface area (Å²) >= 11 is 0. The summed E-state index contributed by atoms with van der Waals surface area (Å²) in [5, 5.41) is 0. The lowest BCUT2D eigenvalue weighted by molar-refractivity contribution is -0.326. The Morgan fingerprint density at radius 1 is 1.23 bits per heavy atom. The number of H-pyrrole nitrogens is 1. The van der Waals surface area contributed by atoms with Gasteiger partial charge in [0.05, 0.1) is 23.9 Å². The fourth-order valence-electron chi connectivity index (χ4n) is 5.31. The van der Waals surface area contributed by atoms with Gasteiger partial charge in [-0.05, 0) is 31.7 Å². The van der Waals surface area contributed by atoms with Gasteiger partial charge in [-0.25, -0.2) is 18.0 Å². The quantitative estimate of drug-likeness (QED) is 0.460. The number of aromatic amines is 1. The molecule has 0 aromatic carbocycles. The first-order valence-electron chi connectivity index (χ1n) is 11.1. The molecule has 6 unspecified atom stereocenters. The van der Waals surface area contributed by atoms with E-state index in [2.05, 4.69) is 4.74 Å². The van der Waals surface area contributed by atoms with Crippen molar-refractivity contribution in [1.82, 2.24) is 14.5 Å². The number of halogens is 6. The Morgan fingerprint density at radius 2 is 1.89 bits per heavy atom. The van der Waals surface area contributed by atoms with Gasteiger partial charge in [0.15, 0.2) is 0 Å². The number of fused-ring (bicyclic) bond motifs is 1. The average Bonchev–Trinajstić information content (AvgIpc) is 3.48. The van der Waals surface area contributed by atoms with E-state index in [0.29, 0.717) is 12.8 Å². The van der Waals surface area contributed by atoms with E-state index < -0.39 is 72.0 Å². The Hall–Kier alpha value is -1.94. The predicted molar refractivity (Wildman–Crippen MR) is 110 cm³/mol.